The zero-order valence-corrected chi connectivity index (χ0v) is 9.39. The molecule has 0 aliphatic rings. The Bertz CT molecular complexity index is 292. The van der Waals surface area contributed by atoms with Gasteiger partial charge in [0, 0.05) is 6.42 Å². The van der Waals surface area contributed by atoms with Gasteiger partial charge in [0.2, 0.25) is 12.3 Å². The van der Waals surface area contributed by atoms with Gasteiger partial charge >= 0.3 is 12.1 Å². The molecule has 0 saturated heterocycles. The average Bonchev–Trinajstić information content (AvgIpc) is 2.21. The minimum Gasteiger partial charge on any atom is -0.465 e. The van der Waals surface area contributed by atoms with Crippen molar-refractivity contribution in [1.82, 2.24) is 5.32 Å². The Hall–Kier alpha value is -1.41. The molecule has 18 heavy (non-hydrogen) atoms. The van der Waals surface area contributed by atoms with Crippen LogP contribution in [-0.4, -0.2) is 37.6 Å². The number of amides is 1. The van der Waals surface area contributed by atoms with Gasteiger partial charge in [-0.15, -0.1) is 0 Å². The third kappa shape index (κ3) is 7.02. The number of hydrogen-bond acceptors (Lipinski definition) is 3. The van der Waals surface area contributed by atoms with Gasteiger partial charge in [0.25, 0.3) is 0 Å². The molecule has 0 aliphatic heterocycles. The van der Waals surface area contributed by atoms with Crippen molar-refractivity contribution >= 4 is 11.9 Å². The maximum Gasteiger partial charge on any atom is 0.405 e. The van der Waals surface area contributed by atoms with Gasteiger partial charge < -0.3 is 10.1 Å². The van der Waals surface area contributed by atoms with Gasteiger partial charge in [-0.05, 0) is 6.92 Å². The summed E-state index contributed by atoms with van der Waals surface area (Å²) in [6.45, 7) is -0.471. The predicted octanol–water partition coefficient (Wildman–Crippen LogP) is 1.50. The highest BCUT2D eigenvalue weighted by Gasteiger charge is 2.34. The van der Waals surface area contributed by atoms with Gasteiger partial charge in [-0.25, -0.2) is 8.78 Å². The molecule has 0 spiro atoms. The summed E-state index contributed by atoms with van der Waals surface area (Å²) in [5.41, 5.74) is 0. The lowest BCUT2D eigenvalue weighted by molar-refractivity contribution is -0.157. The third-order valence-corrected chi connectivity index (χ3v) is 1.76. The van der Waals surface area contributed by atoms with Crippen LogP contribution < -0.4 is 5.32 Å². The summed E-state index contributed by atoms with van der Waals surface area (Å²) in [7, 11) is 0. The number of ether oxygens (including phenoxy) is 1. The highest BCUT2D eigenvalue weighted by molar-refractivity contribution is 5.97. The fourth-order valence-corrected chi connectivity index (χ4v) is 1.04. The minimum atomic E-state index is -4.68. The molecule has 106 valence electrons. The van der Waals surface area contributed by atoms with Crippen molar-refractivity contribution in [2.45, 2.75) is 25.9 Å². The molecule has 9 heteroatoms. The van der Waals surface area contributed by atoms with E-state index < -0.39 is 43.4 Å². The standard InChI is InChI=1S/C9H12F5NO3/c1-2-18-8(17)5(3-6(10)11)7(16)15-4-9(12,13)14/h5-6H,2-4H2,1H3,(H,15,16). The quantitative estimate of drug-likeness (QED) is 0.455. The van der Waals surface area contributed by atoms with Gasteiger partial charge in [-0.2, -0.15) is 13.2 Å². The molecular formula is C9H12F5NO3. The molecule has 0 aromatic carbocycles. The summed E-state index contributed by atoms with van der Waals surface area (Å²) in [5, 5.41) is 1.37. The predicted molar refractivity (Wildman–Crippen MR) is 49.8 cm³/mol. The first-order chi connectivity index (χ1) is 8.17. The molecule has 4 nitrogen and oxygen atoms in total. The number of esters is 1. The average molecular weight is 277 g/mol. The topological polar surface area (TPSA) is 55.4 Å². The largest absolute Gasteiger partial charge is 0.465 e. The van der Waals surface area contributed by atoms with E-state index in [0.29, 0.717) is 0 Å². The van der Waals surface area contributed by atoms with Crippen molar-refractivity contribution in [2.75, 3.05) is 13.2 Å². The lowest BCUT2D eigenvalue weighted by Crippen LogP contribution is -2.41. The van der Waals surface area contributed by atoms with Crippen LogP contribution in [0, 0.1) is 5.92 Å². The van der Waals surface area contributed by atoms with Crippen LogP contribution in [0.2, 0.25) is 0 Å². The van der Waals surface area contributed by atoms with Gasteiger partial charge in [0.05, 0.1) is 6.61 Å². The number of hydrogen-bond donors (Lipinski definition) is 1. The molecule has 0 fully saturated rings. The lowest BCUT2D eigenvalue weighted by Gasteiger charge is -2.15. The fourth-order valence-electron chi connectivity index (χ4n) is 1.04. The van der Waals surface area contributed by atoms with Crippen molar-refractivity contribution in [2.24, 2.45) is 5.92 Å². The molecule has 1 N–H and O–H groups in total. The summed E-state index contributed by atoms with van der Waals surface area (Å²) >= 11 is 0. The Morgan fingerprint density at radius 2 is 1.83 bits per heavy atom. The molecule has 0 aliphatic carbocycles. The maximum atomic E-state index is 12.1. The Morgan fingerprint density at radius 1 is 1.28 bits per heavy atom. The Morgan fingerprint density at radius 3 is 2.22 bits per heavy atom. The molecule has 0 saturated carbocycles. The van der Waals surface area contributed by atoms with Crippen LogP contribution in [0.25, 0.3) is 0 Å². The van der Waals surface area contributed by atoms with Gasteiger partial charge in [-0.3, -0.25) is 9.59 Å². The summed E-state index contributed by atoms with van der Waals surface area (Å²) in [6.07, 6.45) is -8.86. The van der Waals surface area contributed by atoms with Crippen molar-refractivity contribution < 1.29 is 36.3 Å². The van der Waals surface area contributed by atoms with E-state index in [1.54, 1.807) is 0 Å². The SMILES string of the molecule is CCOC(=O)C(CC(F)F)C(=O)NCC(F)(F)F. The highest BCUT2D eigenvalue weighted by atomic mass is 19.4. The first-order valence-corrected chi connectivity index (χ1v) is 4.96. The van der Waals surface area contributed by atoms with Gasteiger partial charge in [-0.1, -0.05) is 0 Å². The van der Waals surface area contributed by atoms with E-state index >= 15 is 0 Å². The van der Waals surface area contributed by atoms with Crippen LogP contribution in [0.1, 0.15) is 13.3 Å². The number of alkyl halides is 5. The van der Waals surface area contributed by atoms with E-state index in [1.165, 1.54) is 12.2 Å². The van der Waals surface area contributed by atoms with Crippen molar-refractivity contribution in [1.29, 1.82) is 0 Å². The monoisotopic (exact) mass is 277 g/mol. The van der Waals surface area contributed by atoms with Crippen molar-refractivity contribution in [3.05, 3.63) is 0 Å². The van der Waals surface area contributed by atoms with E-state index in [0.717, 1.165) is 0 Å². The van der Waals surface area contributed by atoms with E-state index in [1.807, 2.05) is 0 Å². The fraction of sp³-hybridized carbons (Fsp3) is 0.778. The van der Waals surface area contributed by atoms with E-state index in [9.17, 15) is 31.5 Å². The van der Waals surface area contributed by atoms with Crippen LogP contribution in [0.4, 0.5) is 22.0 Å². The highest BCUT2D eigenvalue weighted by Crippen LogP contribution is 2.16. The summed E-state index contributed by atoms with van der Waals surface area (Å²) in [6, 6.07) is 0. The molecule has 0 rings (SSSR count). The Kier molecular flexibility index (Phi) is 6.56. The van der Waals surface area contributed by atoms with E-state index in [2.05, 4.69) is 4.74 Å². The number of carbonyl (C=O) groups is 2. The molecule has 1 unspecified atom stereocenters. The first-order valence-electron chi connectivity index (χ1n) is 4.96. The molecule has 0 radical (unpaired) electrons. The van der Waals surface area contributed by atoms with Gasteiger partial charge in [0.1, 0.15) is 12.5 Å². The summed E-state index contributed by atoms with van der Waals surface area (Å²) in [5.74, 6) is -4.63. The first kappa shape index (κ1) is 16.6. The smallest absolute Gasteiger partial charge is 0.405 e. The normalized spacial score (nSPS) is 13.3. The minimum absolute atomic E-state index is 0.162. The second kappa shape index (κ2) is 7.12. The van der Waals surface area contributed by atoms with Crippen molar-refractivity contribution in [3.63, 3.8) is 0 Å². The Labute approximate surface area is 99.5 Å². The number of nitrogens with one attached hydrogen (secondary N) is 1. The Balaban J connectivity index is 4.54. The second-order valence-electron chi connectivity index (χ2n) is 3.26. The third-order valence-electron chi connectivity index (χ3n) is 1.76. The number of halogens is 5. The zero-order valence-electron chi connectivity index (χ0n) is 9.39. The lowest BCUT2D eigenvalue weighted by atomic mass is 10.1. The molecular weight excluding hydrogens is 265 g/mol. The maximum absolute atomic E-state index is 12.1. The number of carbonyl (C=O) groups excluding carboxylic acids is 2. The molecule has 1 amide bonds. The van der Waals surface area contributed by atoms with Crippen LogP contribution in [0.3, 0.4) is 0 Å². The van der Waals surface area contributed by atoms with Crippen LogP contribution >= 0.6 is 0 Å². The van der Waals surface area contributed by atoms with Crippen LogP contribution in [0.15, 0.2) is 0 Å². The summed E-state index contributed by atoms with van der Waals surface area (Å²) < 4.78 is 64.0. The van der Waals surface area contributed by atoms with Crippen LogP contribution in [-0.2, 0) is 14.3 Å². The molecule has 0 aromatic rings. The number of rotatable bonds is 6. The molecule has 0 aromatic heterocycles. The van der Waals surface area contributed by atoms with Gasteiger partial charge in [0.15, 0.2) is 0 Å². The van der Waals surface area contributed by atoms with E-state index in [-0.39, 0.29) is 6.61 Å². The zero-order chi connectivity index (χ0) is 14.3. The van der Waals surface area contributed by atoms with E-state index in [4.69, 9.17) is 0 Å². The molecule has 0 bridgehead atoms. The molecule has 1 atom stereocenters. The summed E-state index contributed by atoms with van der Waals surface area (Å²) in [4.78, 5) is 22.3. The van der Waals surface area contributed by atoms with Crippen molar-refractivity contribution in [3.8, 4) is 0 Å². The molecule has 0 heterocycles. The van der Waals surface area contributed by atoms with Crippen LogP contribution in [0.5, 0.6) is 0 Å². The second-order valence-corrected chi connectivity index (χ2v) is 3.26.